The smallest absolute Gasteiger partial charge is 0.122 e. The molecule has 21 heavy (non-hydrogen) atoms. The molecule has 0 amide bonds. The maximum Gasteiger partial charge on any atom is 0.122 e. The van der Waals surface area contributed by atoms with E-state index in [0.717, 1.165) is 43.1 Å². The molecular weight excluding hydrogens is 262 g/mol. The summed E-state index contributed by atoms with van der Waals surface area (Å²) in [5.41, 5.74) is 4.57. The first-order valence-corrected chi connectivity index (χ1v) is 7.53. The molecule has 1 aliphatic rings. The molecule has 0 saturated heterocycles. The SMILES string of the molecule is CCC(NCc1cnc(C)cn1)c1ccc2c(c1)CCO2. The van der Waals surface area contributed by atoms with E-state index in [9.17, 15) is 0 Å². The van der Waals surface area contributed by atoms with Gasteiger partial charge in [0.05, 0.1) is 18.0 Å². The molecular formula is C17H21N3O. The van der Waals surface area contributed by atoms with Crippen molar-refractivity contribution in [2.75, 3.05) is 6.61 Å². The first kappa shape index (κ1) is 14.0. The Morgan fingerprint density at radius 2 is 2.19 bits per heavy atom. The summed E-state index contributed by atoms with van der Waals surface area (Å²) in [5.74, 6) is 1.04. The molecule has 0 spiro atoms. The van der Waals surface area contributed by atoms with E-state index in [1.54, 1.807) is 0 Å². The first-order chi connectivity index (χ1) is 10.3. The van der Waals surface area contributed by atoms with Crippen molar-refractivity contribution in [3.63, 3.8) is 0 Å². The van der Waals surface area contributed by atoms with Crippen molar-refractivity contribution in [2.24, 2.45) is 0 Å². The van der Waals surface area contributed by atoms with E-state index in [-0.39, 0.29) is 0 Å². The number of nitrogens with one attached hydrogen (secondary N) is 1. The standard InChI is InChI=1S/C17H21N3O/c1-3-16(20-11-15-10-18-12(2)9-19-15)13-4-5-17-14(8-13)6-7-21-17/h4-5,8-10,16,20H,3,6-7,11H2,1-2H3. The highest BCUT2D eigenvalue weighted by atomic mass is 16.5. The summed E-state index contributed by atoms with van der Waals surface area (Å²) in [6.07, 6.45) is 5.71. The van der Waals surface area contributed by atoms with Gasteiger partial charge in [0, 0.05) is 31.4 Å². The van der Waals surface area contributed by atoms with Gasteiger partial charge < -0.3 is 10.1 Å². The number of hydrogen-bond donors (Lipinski definition) is 1. The van der Waals surface area contributed by atoms with Crippen molar-refractivity contribution in [2.45, 2.75) is 39.3 Å². The van der Waals surface area contributed by atoms with Crippen molar-refractivity contribution >= 4 is 0 Å². The van der Waals surface area contributed by atoms with E-state index in [2.05, 4.69) is 40.4 Å². The number of rotatable bonds is 5. The van der Waals surface area contributed by atoms with Crippen LogP contribution in [0.5, 0.6) is 5.75 Å². The molecule has 1 aromatic heterocycles. The molecule has 1 unspecified atom stereocenters. The van der Waals surface area contributed by atoms with Gasteiger partial charge in [0.15, 0.2) is 0 Å². The van der Waals surface area contributed by atoms with Gasteiger partial charge in [0.2, 0.25) is 0 Å². The molecule has 110 valence electrons. The van der Waals surface area contributed by atoms with Crippen LogP contribution in [-0.2, 0) is 13.0 Å². The zero-order chi connectivity index (χ0) is 14.7. The van der Waals surface area contributed by atoms with E-state index in [1.165, 1.54) is 11.1 Å². The molecule has 2 aromatic rings. The van der Waals surface area contributed by atoms with Crippen LogP contribution in [0.2, 0.25) is 0 Å². The number of aryl methyl sites for hydroxylation is 1. The van der Waals surface area contributed by atoms with Crippen LogP contribution in [0.3, 0.4) is 0 Å². The molecule has 4 heteroatoms. The molecule has 1 N–H and O–H groups in total. The molecule has 0 fully saturated rings. The van der Waals surface area contributed by atoms with Crippen LogP contribution >= 0.6 is 0 Å². The Morgan fingerprint density at radius 3 is 2.95 bits per heavy atom. The number of hydrogen-bond acceptors (Lipinski definition) is 4. The average Bonchev–Trinajstić information content (AvgIpc) is 2.97. The van der Waals surface area contributed by atoms with E-state index in [4.69, 9.17) is 4.74 Å². The van der Waals surface area contributed by atoms with Gasteiger partial charge in [0.1, 0.15) is 5.75 Å². The largest absolute Gasteiger partial charge is 0.493 e. The minimum absolute atomic E-state index is 0.332. The molecule has 3 rings (SSSR count). The third-order valence-electron chi connectivity index (χ3n) is 3.89. The molecule has 2 heterocycles. The van der Waals surface area contributed by atoms with Gasteiger partial charge in [-0.25, -0.2) is 0 Å². The highest BCUT2D eigenvalue weighted by Gasteiger charge is 2.15. The molecule has 1 aromatic carbocycles. The van der Waals surface area contributed by atoms with Gasteiger partial charge in [-0.05, 0) is 30.5 Å². The van der Waals surface area contributed by atoms with Crippen LogP contribution in [0.1, 0.15) is 41.9 Å². The molecule has 1 aliphatic heterocycles. The second-order valence-electron chi connectivity index (χ2n) is 5.46. The molecule has 4 nitrogen and oxygen atoms in total. The topological polar surface area (TPSA) is 47.0 Å². The van der Waals surface area contributed by atoms with Crippen LogP contribution in [-0.4, -0.2) is 16.6 Å². The summed E-state index contributed by atoms with van der Waals surface area (Å²) < 4.78 is 5.57. The number of ether oxygens (including phenoxy) is 1. The third kappa shape index (κ3) is 3.22. The summed E-state index contributed by atoms with van der Waals surface area (Å²) in [4.78, 5) is 8.67. The van der Waals surface area contributed by atoms with Crippen molar-refractivity contribution in [1.29, 1.82) is 0 Å². The maximum absolute atomic E-state index is 5.57. The minimum Gasteiger partial charge on any atom is -0.493 e. The van der Waals surface area contributed by atoms with Gasteiger partial charge >= 0.3 is 0 Å². The lowest BCUT2D eigenvalue weighted by Gasteiger charge is -2.18. The molecule has 0 saturated carbocycles. The van der Waals surface area contributed by atoms with Crippen molar-refractivity contribution < 1.29 is 4.74 Å². The third-order valence-corrected chi connectivity index (χ3v) is 3.89. The fraction of sp³-hybridized carbons (Fsp3) is 0.412. The summed E-state index contributed by atoms with van der Waals surface area (Å²) in [5, 5.41) is 3.57. The van der Waals surface area contributed by atoms with Crippen LogP contribution in [0.25, 0.3) is 0 Å². The summed E-state index contributed by atoms with van der Waals surface area (Å²) in [7, 11) is 0. The number of nitrogens with zero attached hydrogens (tertiary/aromatic N) is 2. The molecule has 0 bridgehead atoms. The predicted octanol–water partition coefficient (Wildman–Crippen LogP) is 2.96. The van der Waals surface area contributed by atoms with Crippen molar-refractivity contribution in [3.8, 4) is 5.75 Å². The quantitative estimate of drug-likeness (QED) is 0.916. The summed E-state index contributed by atoms with van der Waals surface area (Å²) in [6, 6.07) is 6.85. The second-order valence-corrected chi connectivity index (χ2v) is 5.46. The van der Waals surface area contributed by atoms with E-state index >= 15 is 0 Å². The van der Waals surface area contributed by atoms with Crippen molar-refractivity contribution in [1.82, 2.24) is 15.3 Å². The van der Waals surface area contributed by atoms with Crippen LogP contribution in [0.15, 0.2) is 30.6 Å². The van der Waals surface area contributed by atoms with Gasteiger partial charge in [-0.2, -0.15) is 0 Å². The number of aromatic nitrogens is 2. The zero-order valence-corrected chi connectivity index (χ0v) is 12.6. The fourth-order valence-electron chi connectivity index (χ4n) is 2.66. The Kier molecular flexibility index (Phi) is 4.15. The summed E-state index contributed by atoms with van der Waals surface area (Å²) >= 11 is 0. The average molecular weight is 283 g/mol. The maximum atomic E-state index is 5.57. The highest BCUT2D eigenvalue weighted by Crippen LogP contribution is 2.29. The van der Waals surface area contributed by atoms with E-state index in [1.807, 2.05) is 19.3 Å². The van der Waals surface area contributed by atoms with Crippen LogP contribution in [0.4, 0.5) is 0 Å². The monoisotopic (exact) mass is 283 g/mol. The van der Waals surface area contributed by atoms with Crippen LogP contribution < -0.4 is 10.1 Å². The molecule has 0 aliphatic carbocycles. The normalized spacial score (nSPS) is 14.6. The molecule has 1 atom stereocenters. The zero-order valence-electron chi connectivity index (χ0n) is 12.6. The van der Waals surface area contributed by atoms with E-state index in [0.29, 0.717) is 6.04 Å². The Morgan fingerprint density at radius 1 is 1.29 bits per heavy atom. The van der Waals surface area contributed by atoms with Crippen LogP contribution in [0, 0.1) is 6.92 Å². The lowest BCUT2D eigenvalue weighted by molar-refractivity contribution is 0.356. The Labute approximate surface area is 125 Å². The van der Waals surface area contributed by atoms with E-state index < -0.39 is 0 Å². The number of fused-ring (bicyclic) bond motifs is 1. The van der Waals surface area contributed by atoms with Gasteiger partial charge in [0.25, 0.3) is 0 Å². The Hall–Kier alpha value is -1.94. The van der Waals surface area contributed by atoms with Crippen molar-refractivity contribution in [3.05, 3.63) is 53.1 Å². The van der Waals surface area contributed by atoms with Gasteiger partial charge in [-0.3, -0.25) is 9.97 Å². The number of benzene rings is 1. The Balaban J connectivity index is 1.68. The highest BCUT2D eigenvalue weighted by molar-refractivity contribution is 5.40. The van der Waals surface area contributed by atoms with Gasteiger partial charge in [-0.15, -0.1) is 0 Å². The lowest BCUT2D eigenvalue weighted by atomic mass is 10.0. The Bertz CT molecular complexity index is 610. The predicted molar refractivity (Wildman–Crippen MR) is 82.3 cm³/mol. The first-order valence-electron chi connectivity index (χ1n) is 7.53. The second kappa shape index (κ2) is 6.22. The lowest BCUT2D eigenvalue weighted by Crippen LogP contribution is -2.21. The minimum atomic E-state index is 0.332. The fourth-order valence-corrected chi connectivity index (χ4v) is 2.66. The van der Waals surface area contributed by atoms with Gasteiger partial charge in [-0.1, -0.05) is 19.1 Å². The molecule has 0 radical (unpaired) electrons. The summed E-state index contributed by atoms with van der Waals surface area (Å²) in [6.45, 7) is 5.69.